The van der Waals surface area contributed by atoms with Crippen molar-refractivity contribution in [2.75, 3.05) is 19.8 Å². The van der Waals surface area contributed by atoms with E-state index >= 15 is 0 Å². The van der Waals surface area contributed by atoms with Crippen molar-refractivity contribution in [3.8, 4) is 0 Å². The maximum atomic E-state index is 8.98. The molecule has 0 fully saturated rings. The third-order valence-corrected chi connectivity index (χ3v) is 1.91. The summed E-state index contributed by atoms with van der Waals surface area (Å²) in [7, 11) is 0. The van der Waals surface area contributed by atoms with Crippen LogP contribution in [-0.2, 0) is 4.74 Å². The quantitative estimate of drug-likeness (QED) is 0.659. The number of allylic oxidation sites excluding steroid dienone is 3. The third kappa shape index (κ3) is 4.22. The Morgan fingerprint density at radius 2 is 2.38 bits per heavy atom. The molecule has 0 aromatic carbocycles. The molecule has 13 heavy (non-hydrogen) atoms. The van der Waals surface area contributed by atoms with E-state index in [-0.39, 0.29) is 13.2 Å². The van der Waals surface area contributed by atoms with Gasteiger partial charge in [0, 0.05) is 0 Å². The highest BCUT2D eigenvalue weighted by atomic mass is 16.5. The molecule has 0 bridgehead atoms. The first-order valence-corrected chi connectivity index (χ1v) is 4.54. The first-order chi connectivity index (χ1) is 6.33. The SMILES string of the molecule is OCC(O)COCC1=CC=CCC1. The highest BCUT2D eigenvalue weighted by Crippen LogP contribution is 2.11. The molecule has 0 aromatic rings. The zero-order chi connectivity index (χ0) is 9.52. The predicted molar refractivity (Wildman–Crippen MR) is 50.4 cm³/mol. The van der Waals surface area contributed by atoms with Crippen molar-refractivity contribution in [2.45, 2.75) is 18.9 Å². The summed E-state index contributed by atoms with van der Waals surface area (Å²) in [5, 5.41) is 17.5. The molecular weight excluding hydrogens is 168 g/mol. The average Bonchev–Trinajstić information content (AvgIpc) is 2.19. The molecule has 3 nitrogen and oxygen atoms in total. The van der Waals surface area contributed by atoms with Crippen LogP contribution in [0.4, 0.5) is 0 Å². The molecule has 74 valence electrons. The maximum absolute atomic E-state index is 8.98. The summed E-state index contributed by atoms with van der Waals surface area (Å²) in [6.07, 6.45) is 7.52. The lowest BCUT2D eigenvalue weighted by molar-refractivity contribution is 0.0127. The zero-order valence-electron chi connectivity index (χ0n) is 7.65. The van der Waals surface area contributed by atoms with Gasteiger partial charge in [-0.15, -0.1) is 0 Å². The minimum absolute atomic E-state index is 0.206. The lowest BCUT2D eigenvalue weighted by Crippen LogP contribution is -2.20. The Morgan fingerprint density at radius 3 is 3.00 bits per heavy atom. The van der Waals surface area contributed by atoms with E-state index in [0.29, 0.717) is 6.61 Å². The number of ether oxygens (including phenoxy) is 1. The van der Waals surface area contributed by atoms with Crippen molar-refractivity contribution in [1.82, 2.24) is 0 Å². The molecule has 1 atom stereocenters. The molecule has 0 aliphatic heterocycles. The van der Waals surface area contributed by atoms with Gasteiger partial charge in [-0.1, -0.05) is 18.2 Å². The van der Waals surface area contributed by atoms with Gasteiger partial charge in [0.1, 0.15) is 6.10 Å². The largest absolute Gasteiger partial charge is 0.394 e. The summed E-state index contributed by atoms with van der Waals surface area (Å²) in [4.78, 5) is 0. The van der Waals surface area contributed by atoms with Crippen molar-refractivity contribution < 1.29 is 14.9 Å². The Hall–Kier alpha value is -0.640. The Bertz CT molecular complexity index is 196. The van der Waals surface area contributed by atoms with Gasteiger partial charge in [-0.2, -0.15) is 0 Å². The van der Waals surface area contributed by atoms with E-state index in [4.69, 9.17) is 14.9 Å². The molecule has 1 unspecified atom stereocenters. The van der Waals surface area contributed by atoms with Crippen molar-refractivity contribution in [2.24, 2.45) is 0 Å². The molecule has 0 heterocycles. The van der Waals surface area contributed by atoms with Gasteiger partial charge in [0.25, 0.3) is 0 Å². The van der Waals surface area contributed by atoms with Crippen LogP contribution in [-0.4, -0.2) is 36.1 Å². The Morgan fingerprint density at radius 1 is 1.54 bits per heavy atom. The topological polar surface area (TPSA) is 49.7 Å². The van der Waals surface area contributed by atoms with Crippen LogP contribution in [0, 0.1) is 0 Å². The van der Waals surface area contributed by atoms with Crippen LogP contribution in [0.1, 0.15) is 12.8 Å². The fourth-order valence-corrected chi connectivity index (χ4v) is 1.15. The first-order valence-electron chi connectivity index (χ1n) is 4.54. The molecule has 0 saturated carbocycles. The molecule has 0 saturated heterocycles. The zero-order valence-corrected chi connectivity index (χ0v) is 7.65. The molecule has 1 rings (SSSR count). The fourth-order valence-electron chi connectivity index (χ4n) is 1.15. The molecule has 2 N–H and O–H groups in total. The van der Waals surface area contributed by atoms with Crippen LogP contribution in [0.3, 0.4) is 0 Å². The third-order valence-electron chi connectivity index (χ3n) is 1.91. The monoisotopic (exact) mass is 184 g/mol. The standard InChI is InChI=1S/C10H16O3/c11-6-10(12)8-13-7-9-4-2-1-3-5-9/h1-2,4,10-12H,3,5-8H2. The van der Waals surface area contributed by atoms with E-state index in [1.807, 2.05) is 12.2 Å². The van der Waals surface area contributed by atoms with Crippen LogP contribution in [0.5, 0.6) is 0 Å². The summed E-state index contributed by atoms with van der Waals surface area (Å²) in [5.74, 6) is 0. The number of hydrogen-bond donors (Lipinski definition) is 2. The Balaban J connectivity index is 2.11. The minimum atomic E-state index is -0.750. The number of rotatable bonds is 5. The molecule has 0 spiro atoms. The summed E-state index contributed by atoms with van der Waals surface area (Å²) < 4.78 is 5.21. The van der Waals surface area contributed by atoms with E-state index in [9.17, 15) is 0 Å². The Kier molecular flexibility index (Phi) is 4.75. The second-order valence-electron chi connectivity index (χ2n) is 3.14. The molecule has 1 aliphatic rings. The van der Waals surface area contributed by atoms with E-state index in [1.54, 1.807) is 0 Å². The van der Waals surface area contributed by atoms with Crippen LogP contribution in [0.25, 0.3) is 0 Å². The van der Waals surface area contributed by atoms with Crippen LogP contribution in [0.15, 0.2) is 23.8 Å². The Labute approximate surface area is 78.3 Å². The van der Waals surface area contributed by atoms with Crippen molar-refractivity contribution in [3.63, 3.8) is 0 Å². The van der Waals surface area contributed by atoms with Crippen LogP contribution < -0.4 is 0 Å². The van der Waals surface area contributed by atoms with Crippen LogP contribution >= 0.6 is 0 Å². The number of hydrogen-bond acceptors (Lipinski definition) is 3. The van der Waals surface area contributed by atoms with Crippen molar-refractivity contribution >= 4 is 0 Å². The minimum Gasteiger partial charge on any atom is -0.394 e. The second-order valence-corrected chi connectivity index (χ2v) is 3.14. The molecule has 0 amide bonds. The average molecular weight is 184 g/mol. The van der Waals surface area contributed by atoms with E-state index in [0.717, 1.165) is 12.8 Å². The van der Waals surface area contributed by atoms with Crippen molar-refractivity contribution in [1.29, 1.82) is 0 Å². The van der Waals surface area contributed by atoms with E-state index in [1.165, 1.54) is 5.57 Å². The van der Waals surface area contributed by atoms with E-state index in [2.05, 4.69) is 6.08 Å². The molecule has 0 aromatic heterocycles. The summed E-state index contributed by atoms with van der Waals surface area (Å²) in [5.41, 5.74) is 1.24. The van der Waals surface area contributed by atoms with Gasteiger partial charge in [0.15, 0.2) is 0 Å². The number of aliphatic hydroxyl groups excluding tert-OH is 2. The van der Waals surface area contributed by atoms with E-state index < -0.39 is 6.10 Å². The van der Waals surface area contributed by atoms with Gasteiger partial charge in [-0.05, 0) is 18.4 Å². The van der Waals surface area contributed by atoms with Gasteiger partial charge < -0.3 is 14.9 Å². The number of aliphatic hydroxyl groups is 2. The van der Waals surface area contributed by atoms with Gasteiger partial charge in [-0.25, -0.2) is 0 Å². The van der Waals surface area contributed by atoms with Crippen molar-refractivity contribution in [3.05, 3.63) is 23.8 Å². The van der Waals surface area contributed by atoms with Gasteiger partial charge in [-0.3, -0.25) is 0 Å². The molecule has 0 radical (unpaired) electrons. The first kappa shape index (κ1) is 10.4. The van der Waals surface area contributed by atoms with Gasteiger partial charge in [0.2, 0.25) is 0 Å². The summed E-state index contributed by atoms with van der Waals surface area (Å²) in [6.45, 7) is 0.526. The smallest absolute Gasteiger partial charge is 0.100 e. The highest BCUT2D eigenvalue weighted by molar-refractivity contribution is 5.17. The van der Waals surface area contributed by atoms with Gasteiger partial charge >= 0.3 is 0 Å². The normalized spacial score (nSPS) is 18.5. The lowest BCUT2D eigenvalue weighted by Gasteiger charge is -2.11. The summed E-state index contributed by atoms with van der Waals surface area (Å²) >= 11 is 0. The highest BCUT2D eigenvalue weighted by Gasteiger charge is 2.03. The lowest BCUT2D eigenvalue weighted by atomic mass is 10.1. The van der Waals surface area contributed by atoms with Crippen LogP contribution in [0.2, 0.25) is 0 Å². The second kappa shape index (κ2) is 5.91. The maximum Gasteiger partial charge on any atom is 0.100 e. The fraction of sp³-hybridized carbons (Fsp3) is 0.600. The molecule has 1 aliphatic carbocycles. The van der Waals surface area contributed by atoms with Gasteiger partial charge in [0.05, 0.1) is 19.8 Å². The predicted octanol–water partition coefficient (Wildman–Crippen LogP) is 0.633. The summed E-state index contributed by atoms with van der Waals surface area (Å²) in [6, 6.07) is 0. The molecule has 3 heteroatoms. The molecular formula is C10H16O3.